The van der Waals surface area contributed by atoms with Crippen LogP contribution >= 0.6 is 11.8 Å². The predicted octanol–water partition coefficient (Wildman–Crippen LogP) is 2.04. The van der Waals surface area contributed by atoms with Crippen molar-refractivity contribution < 1.29 is 14.6 Å². The van der Waals surface area contributed by atoms with E-state index in [4.69, 9.17) is 9.47 Å². The van der Waals surface area contributed by atoms with E-state index in [1.165, 1.54) is 10.5 Å². The number of hydrogen-bond acceptors (Lipinski definition) is 5. The van der Waals surface area contributed by atoms with Crippen molar-refractivity contribution >= 4 is 11.8 Å². The molecule has 0 fully saturated rings. The Labute approximate surface area is 118 Å². The van der Waals surface area contributed by atoms with Crippen LogP contribution in [0.2, 0.25) is 0 Å². The SMILES string of the molecule is CSc1cc2c(cc1CNC(C)(C)CO)OCCO2. The highest BCUT2D eigenvalue weighted by Crippen LogP contribution is 2.36. The predicted molar refractivity (Wildman–Crippen MR) is 77.2 cm³/mol. The third kappa shape index (κ3) is 3.55. The van der Waals surface area contributed by atoms with E-state index in [9.17, 15) is 5.11 Å². The van der Waals surface area contributed by atoms with Crippen LogP contribution in [-0.4, -0.2) is 36.7 Å². The molecule has 0 bridgehead atoms. The molecule has 2 rings (SSSR count). The van der Waals surface area contributed by atoms with Crippen molar-refractivity contribution in [2.75, 3.05) is 26.1 Å². The molecule has 1 aliphatic rings. The van der Waals surface area contributed by atoms with Gasteiger partial charge in [0.05, 0.1) is 6.61 Å². The van der Waals surface area contributed by atoms with Gasteiger partial charge in [0.1, 0.15) is 13.2 Å². The topological polar surface area (TPSA) is 50.7 Å². The number of thioether (sulfide) groups is 1. The summed E-state index contributed by atoms with van der Waals surface area (Å²) in [6.45, 7) is 5.96. The van der Waals surface area contributed by atoms with Crippen LogP contribution in [0, 0.1) is 0 Å². The van der Waals surface area contributed by atoms with Crippen LogP contribution in [0.15, 0.2) is 17.0 Å². The van der Waals surface area contributed by atoms with E-state index in [1.807, 2.05) is 32.2 Å². The van der Waals surface area contributed by atoms with Gasteiger partial charge in [-0.25, -0.2) is 0 Å². The largest absolute Gasteiger partial charge is 0.486 e. The zero-order chi connectivity index (χ0) is 13.9. The van der Waals surface area contributed by atoms with E-state index >= 15 is 0 Å². The molecule has 0 saturated carbocycles. The van der Waals surface area contributed by atoms with Crippen LogP contribution < -0.4 is 14.8 Å². The van der Waals surface area contributed by atoms with Crippen LogP contribution in [-0.2, 0) is 6.54 Å². The highest BCUT2D eigenvalue weighted by atomic mass is 32.2. The van der Waals surface area contributed by atoms with Gasteiger partial charge in [0, 0.05) is 17.0 Å². The van der Waals surface area contributed by atoms with Gasteiger partial charge >= 0.3 is 0 Å². The number of aliphatic hydroxyl groups is 1. The standard InChI is InChI=1S/C14H21NO3S/c1-14(2,9-16)15-8-10-6-11-12(7-13(10)19-3)18-5-4-17-11/h6-7,15-16H,4-5,8-9H2,1-3H3. The maximum absolute atomic E-state index is 9.28. The second-order valence-corrected chi connectivity index (χ2v) is 6.05. The quantitative estimate of drug-likeness (QED) is 0.810. The van der Waals surface area contributed by atoms with E-state index in [1.54, 1.807) is 11.8 Å². The summed E-state index contributed by atoms with van der Waals surface area (Å²) in [5.74, 6) is 1.63. The molecule has 5 heteroatoms. The first-order valence-corrected chi connectivity index (χ1v) is 7.60. The molecule has 0 spiro atoms. The average Bonchev–Trinajstić information content (AvgIpc) is 2.44. The monoisotopic (exact) mass is 283 g/mol. The second kappa shape index (κ2) is 6.03. The molecule has 0 aromatic heterocycles. The molecule has 1 aromatic carbocycles. The lowest BCUT2D eigenvalue weighted by atomic mass is 10.1. The third-order valence-electron chi connectivity index (χ3n) is 3.10. The molecule has 1 heterocycles. The van der Waals surface area contributed by atoms with Crippen molar-refractivity contribution in [1.29, 1.82) is 0 Å². The lowest BCUT2D eigenvalue weighted by Gasteiger charge is -2.25. The average molecular weight is 283 g/mol. The van der Waals surface area contributed by atoms with Gasteiger partial charge in [-0.15, -0.1) is 11.8 Å². The third-order valence-corrected chi connectivity index (χ3v) is 3.92. The van der Waals surface area contributed by atoms with Gasteiger partial charge in [0.2, 0.25) is 0 Å². The molecule has 0 atom stereocenters. The number of fused-ring (bicyclic) bond motifs is 1. The van der Waals surface area contributed by atoms with Crippen molar-refractivity contribution in [2.24, 2.45) is 0 Å². The summed E-state index contributed by atoms with van der Waals surface area (Å²) < 4.78 is 11.2. The minimum absolute atomic E-state index is 0.103. The van der Waals surface area contributed by atoms with Crippen molar-refractivity contribution in [3.8, 4) is 11.5 Å². The number of hydrogen-bond donors (Lipinski definition) is 2. The van der Waals surface area contributed by atoms with Crippen LogP contribution in [0.25, 0.3) is 0 Å². The molecule has 19 heavy (non-hydrogen) atoms. The summed E-state index contributed by atoms with van der Waals surface area (Å²) in [4.78, 5) is 1.17. The lowest BCUT2D eigenvalue weighted by molar-refractivity contribution is 0.170. The fourth-order valence-corrected chi connectivity index (χ4v) is 2.45. The molecular formula is C14H21NO3S. The first kappa shape index (κ1) is 14.5. The van der Waals surface area contributed by atoms with E-state index in [2.05, 4.69) is 5.32 Å². The Kier molecular flexibility index (Phi) is 4.60. The summed E-state index contributed by atoms with van der Waals surface area (Å²) in [7, 11) is 0. The Balaban J connectivity index is 2.19. The Hall–Kier alpha value is -0.910. The van der Waals surface area contributed by atoms with Gasteiger partial charge in [-0.05, 0) is 37.8 Å². The minimum Gasteiger partial charge on any atom is -0.486 e. The van der Waals surface area contributed by atoms with Crippen LogP contribution in [0.4, 0.5) is 0 Å². The Morgan fingerprint density at radius 3 is 2.47 bits per heavy atom. The Morgan fingerprint density at radius 1 is 1.26 bits per heavy atom. The highest BCUT2D eigenvalue weighted by Gasteiger charge is 2.19. The molecule has 0 aliphatic carbocycles. The van der Waals surface area contributed by atoms with Crippen molar-refractivity contribution in [3.05, 3.63) is 17.7 Å². The van der Waals surface area contributed by atoms with Crippen molar-refractivity contribution in [1.82, 2.24) is 5.32 Å². The molecule has 0 radical (unpaired) electrons. The van der Waals surface area contributed by atoms with Gasteiger partial charge in [-0.1, -0.05) is 0 Å². The maximum atomic E-state index is 9.28. The smallest absolute Gasteiger partial charge is 0.162 e. The lowest BCUT2D eigenvalue weighted by Crippen LogP contribution is -2.42. The molecule has 106 valence electrons. The molecule has 1 aromatic rings. The van der Waals surface area contributed by atoms with Crippen LogP contribution in [0.1, 0.15) is 19.4 Å². The fraction of sp³-hybridized carbons (Fsp3) is 0.571. The summed E-state index contributed by atoms with van der Waals surface area (Å²) in [5.41, 5.74) is 0.876. The van der Waals surface area contributed by atoms with E-state index in [0.717, 1.165) is 11.5 Å². The molecule has 2 N–H and O–H groups in total. The maximum Gasteiger partial charge on any atom is 0.162 e. The van der Waals surface area contributed by atoms with Crippen LogP contribution in [0.3, 0.4) is 0 Å². The van der Waals surface area contributed by atoms with Crippen LogP contribution in [0.5, 0.6) is 11.5 Å². The molecule has 0 amide bonds. The molecule has 1 aliphatic heterocycles. The molecule has 0 saturated heterocycles. The first-order chi connectivity index (χ1) is 9.05. The number of rotatable bonds is 5. The Morgan fingerprint density at radius 2 is 1.89 bits per heavy atom. The number of benzene rings is 1. The van der Waals surface area contributed by atoms with E-state index in [-0.39, 0.29) is 12.1 Å². The minimum atomic E-state index is -0.289. The summed E-state index contributed by atoms with van der Waals surface area (Å²) >= 11 is 1.69. The molecule has 0 unspecified atom stereocenters. The normalized spacial score (nSPS) is 14.5. The summed E-state index contributed by atoms with van der Waals surface area (Å²) in [5, 5.41) is 12.6. The molecule has 4 nitrogen and oxygen atoms in total. The zero-order valence-electron chi connectivity index (χ0n) is 11.7. The number of nitrogens with one attached hydrogen (secondary N) is 1. The fourth-order valence-electron chi connectivity index (χ4n) is 1.83. The zero-order valence-corrected chi connectivity index (χ0v) is 12.5. The van der Waals surface area contributed by atoms with Gasteiger partial charge in [0.25, 0.3) is 0 Å². The van der Waals surface area contributed by atoms with E-state index < -0.39 is 0 Å². The Bertz CT molecular complexity index is 449. The second-order valence-electron chi connectivity index (χ2n) is 5.20. The molecular weight excluding hydrogens is 262 g/mol. The van der Waals surface area contributed by atoms with Gasteiger partial charge in [-0.3, -0.25) is 0 Å². The first-order valence-electron chi connectivity index (χ1n) is 6.38. The van der Waals surface area contributed by atoms with Crippen molar-refractivity contribution in [2.45, 2.75) is 30.8 Å². The van der Waals surface area contributed by atoms with Crippen molar-refractivity contribution in [3.63, 3.8) is 0 Å². The summed E-state index contributed by atoms with van der Waals surface area (Å²) in [6, 6.07) is 4.06. The number of ether oxygens (including phenoxy) is 2. The highest BCUT2D eigenvalue weighted by molar-refractivity contribution is 7.98. The van der Waals surface area contributed by atoms with E-state index in [0.29, 0.717) is 19.8 Å². The van der Waals surface area contributed by atoms with Gasteiger partial charge in [-0.2, -0.15) is 0 Å². The van der Waals surface area contributed by atoms with Gasteiger partial charge in [0.15, 0.2) is 11.5 Å². The van der Waals surface area contributed by atoms with Gasteiger partial charge < -0.3 is 19.9 Å². The summed E-state index contributed by atoms with van der Waals surface area (Å²) in [6.07, 6.45) is 2.05. The number of aliphatic hydroxyl groups excluding tert-OH is 1.